The monoisotopic (exact) mass is 182 g/mol. The Kier molecular flexibility index (Phi) is 1.62. The first kappa shape index (κ1) is 8.23. The second kappa shape index (κ2) is 2.55. The number of rotatable bonds is 0. The SMILES string of the molecule is Cc1cc2c(F)c(F)cc(C)c2o1. The molecule has 0 unspecified atom stereocenters. The van der Waals surface area contributed by atoms with E-state index in [0.29, 0.717) is 16.9 Å². The number of hydrogen-bond acceptors (Lipinski definition) is 1. The Morgan fingerprint density at radius 1 is 1.15 bits per heavy atom. The molecular formula is C10H8F2O. The van der Waals surface area contributed by atoms with Gasteiger partial charge in [0.2, 0.25) is 0 Å². The van der Waals surface area contributed by atoms with Gasteiger partial charge in [-0.25, -0.2) is 8.78 Å². The van der Waals surface area contributed by atoms with Crippen LogP contribution in [0.2, 0.25) is 0 Å². The number of hydrogen-bond donors (Lipinski definition) is 0. The highest BCUT2D eigenvalue weighted by molar-refractivity contribution is 5.81. The van der Waals surface area contributed by atoms with Crippen LogP contribution in [0, 0.1) is 25.5 Å². The summed E-state index contributed by atoms with van der Waals surface area (Å²) in [6, 6.07) is 2.64. The highest BCUT2D eigenvalue weighted by Gasteiger charge is 2.13. The molecule has 0 radical (unpaired) electrons. The van der Waals surface area contributed by atoms with Gasteiger partial charge >= 0.3 is 0 Å². The van der Waals surface area contributed by atoms with Crippen molar-refractivity contribution >= 4 is 11.0 Å². The van der Waals surface area contributed by atoms with Crippen LogP contribution in [0.1, 0.15) is 11.3 Å². The van der Waals surface area contributed by atoms with E-state index in [-0.39, 0.29) is 5.39 Å². The Hall–Kier alpha value is -1.38. The van der Waals surface area contributed by atoms with Crippen molar-refractivity contribution in [3.63, 3.8) is 0 Å². The van der Waals surface area contributed by atoms with Crippen LogP contribution >= 0.6 is 0 Å². The fourth-order valence-corrected chi connectivity index (χ4v) is 1.42. The van der Waals surface area contributed by atoms with Crippen molar-refractivity contribution in [1.82, 2.24) is 0 Å². The molecule has 1 nitrogen and oxygen atoms in total. The topological polar surface area (TPSA) is 13.1 Å². The van der Waals surface area contributed by atoms with Gasteiger partial charge in [-0.1, -0.05) is 0 Å². The predicted molar refractivity (Wildman–Crippen MR) is 45.6 cm³/mol. The van der Waals surface area contributed by atoms with Gasteiger partial charge < -0.3 is 4.42 Å². The van der Waals surface area contributed by atoms with Crippen molar-refractivity contribution in [3.8, 4) is 0 Å². The lowest BCUT2D eigenvalue weighted by Gasteiger charge is -1.97. The summed E-state index contributed by atoms with van der Waals surface area (Å²) in [6.07, 6.45) is 0. The van der Waals surface area contributed by atoms with E-state index >= 15 is 0 Å². The molecule has 1 aromatic heterocycles. The highest BCUT2D eigenvalue weighted by atomic mass is 19.2. The van der Waals surface area contributed by atoms with Crippen molar-refractivity contribution in [3.05, 3.63) is 35.1 Å². The molecule has 0 spiro atoms. The minimum atomic E-state index is -0.836. The molecule has 0 saturated heterocycles. The summed E-state index contributed by atoms with van der Waals surface area (Å²) in [5.41, 5.74) is 1.04. The lowest BCUT2D eigenvalue weighted by molar-refractivity contribution is 0.513. The van der Waals surface area contributed by atoms with Gasteiger partial charge in [0.15, 0.2) is 11.6 Å². The fraction of sp³-hybridized carbons (Fsp3) is 0.200. The van der Waals surface area contributed by atoms with Crippen molar-refractivity contribution < 1.29 is 13.2 Å². The number of halogens is 2. The minimum Gasteiger partial charge on any atom is -0.461 e. The molecule has 1 aromatic carbocycles. The molecule has 0 N–H and O–H groups in total. The van der Waals surface area contributed by atoms with Gasteiger partial charge in [0, 0.05) is 0 Å². The first-order valence-corrected chi connectivity index (χ1v) is 3.94. The largest absolute Gasteiger partial charge is 0.461 e. The molecular weight excluding hydrogens is 174 g/mol. The van der Waals surface area contributed by atoms with Gasteiger partial charge in [-0.2, -0.15) is 0 Å². The Labute approximate surface area is 74.0 Å². The van der Waals surface area contributed by atoms with Crippen LogP contribution in [0.25, 0.3) is 11.0 Å². The van der Waals surface area contributed by atoms with E-state index in [1.165, 1.54) is 6.07 Å². The second-order valence-electron chi connectivity index (χ2n) is 3.09. The lowest BCUT2D eigenvalue weighted by atomic mass is 10.1. The standard InChI is InChI=1S/C10H8F2O/c1-5-3-8(11)9(12)7-4-6(2)13-10(5)7/h3-4H,1-2H3. The van der Waals surface area contributed by atoms with Crippen LogP contribution in [-0.2, 0) is 0 Å². The van der Waals surface area contributed by atoms with Crippen LogP contribution in [0.3, 0.4) is 0 Å². The average molecular weight is 182 g/mol. The third kappa shape index (κ3) is 1.11. The third-order valence-corrected chi connectivity index (χ3v) is 2.00. The molecule has 2 aromatic rings. The fourth-order valence-electron chi connectivity index (χ4n) is 1.42. The van der Waals surface area contributed by atoms with Crippen LogP contribution in [-0.4, -0.2) is 0 Å². The van der Waals surface area contributed by atoms with Gasteiger partial charge in [0.25, 0.3) is 0 Å². The van der Waals surface area contributed by atoms with Gasteiger partial charge in [0.05, 0.1) is 5.39 Å². The molecule has 0 amide bonds. The first-order chi connectivity index (χ1) is 6.09. The summed E-state index contributed by atoms with van der Waals surface area (Å²) in [7, 11) is 0. The van der Waals surface area contributed by atoms with Crippen molar-refractivity contribution in [1.29, 1.82) is 0 Å². The second-order valence-corrected chi connectivity index (χ2v) is 3.09. The first-order valence-electron chi connectivity index (χ1n) is 3.94. The van der Waals surface area contributed by atoms with Gasteiger partial charge in [0.1, 0.15) is 11.3 Å². The number of furan rings is 1. The smallest absolute Gasteiger partial charge is 0.169 e. The van der Waals surface area contributed by atoms with Crippen LogP contribution in [0.15, 0.2) is 16.5 Å². The predicted octanol–water partition coefficient (Wildman–Crippen LogP) is 3.33. The minimum absolute atomic E-state index is 0.218. The number of benzene rings is 1. The molecule has 0 aliphatic heterocycles. The molecule has 3 heteroatoms. The quantitative estimate of drug-likeness (QED) is 0.609. The van der Waals surface area contributed by atoms with Gasteiger partial charge in [-0.3, -0.25) is 0 Å². The maximum Gasteiger partial charge on any atom is 0.169 e. The Balaban J connectivity index is 2.95. The zero-order valence-electron chi connectivity index (χ0n) is 7.32. The van der Waals surface area contributed by atoms with Gasteiger partial charge in [-0.15, -0.1) is 0 Å². The van der Waals surface area contributed by atoms with E-state index in [4.69, 9.17) is 4.42 Å². The molecule has 1 heterocycles. The molecule has 0 aliphatic carbocycles. The molecule has 2 rings (SSSR count). The van der Waals surface area contributed by atoms with Crippen LogP contribution in [0.5, 0.6) is 0 Å². The summed E-state index contributed by atoms with van der Waals surface area (Å²) >= 11 is 0. The molecule has 68 valence electrons. The molecule has 0 atom stereocenters. The molecule has 0 aliphatic rings. The van der Waals surface area contributed by atoms with E-state index < -0.39 is 11.6 Å². The van der Waals surface area contributed by atoms with E-state index in [9.17, 15) is 8.78 Å². The van der Waals surface area contributed by atoms with Crippen molar-refractivity contribution in [2.45, 2.75) is 13.8 Å². The average Bonchev–Trinajstić information content (AvgIpc) is 2.44. The van der Waals surface area contributed by atoms with E-state index in [2.05, 4.69) is 0 Å². The van der Waals surface area contributed by atoms with E-state index in [1.54, 1.807) is 13.8 Å². The third-order valence-electron chi connectivity index (χ3n) is 2.00. The Morgan fingerprint density at radius 3 is 2.54 bits per heavy atom. The maximum absolute atomic E-state index is 13.2. The summed E-state index contributed by atoms with van der Waals surface area (Å²) in [5.74, 6) is -1.08. The molecule has 0 fully saturated rings. The van der Waals surface area contributed by atoms with Crippen LogP contribution < -0.4 is 0 Å². The number of aryl methyl sites for hydroxylation is 2. The van der Waals surface area contributed by atoms with Crippen molar-refractivity contribution in [2.75, 3.05) is 0 Å². The normalized spacial score (nSPS) is 11.1. The summed E-state index contributed by atoms with van der Waals surface area (Å²) in [6.45, 7) is 3.39. The Bertz CT molecular complexity index is 471. The zero-order chi connectivity index (χ0) is 9.59. The summed E-state index contributed by atoms with van der Waals surface area (Å²) in [5, 5.41) is 0.218. The molecule has 13 heavy (non-hydrogen) atoms. The zero-order valence-corrected chi connectivity index (χ0v) is 7.32. The van der Waals surface area contributed by atoms with E-state index in [0.717, 1.165) is 6.07 Å². The maximum atomic E-state index is 13.2. The van der Waals surface area contributed by atoms with E-state index in [1.807, 2.05) is 0 Å². The highest BCUT2D eigenvalue weighted by Crippen LogP contribution is 2.26. The number of fused-ring (bicyclic) bond motifs is 1. The lowest BCUT2D eigenvalue weighted by Crippen LogP contribution is -1.86. The summed E-state index contributed by atoms with van der Waals surface area (Å²) in [4.78, 5) is 0. The molecule has 0 saturated carbocycles. The molecule has 0 bridgehead atoms. The van der Waals surface area contributed by atoms with Crippen LogP contribution in [0.4, 0.5) is 8.78 Å². The van der Waals surface area contributed by atoms with Gasteiger partial charge in [-0.05, 0) is 31.5 Å². The van der Waals surface area contributed by atoms with Crippen molar-refractivity contribution in [2.24, 2.45) is 0 Å². The summed E-state index contributed by atoms with van der Waals surface area (Å²) < 4.78 is 31.3. The Morgan fingerprint density at radius 2 is 1.85 bits per heavy atom.